The number of nitrogens with one attached hydrogen (secondary N) is 1. The summed E-state index contributed by atoms with van der Waals surface area (Å²) < 4.78 is 0. The third-order valence-electron chi connectivity index (χ3n) is 4.98. The van der Waals surface area contributed by atoms with Crippen molar-refractivity contribution in [3.63, 3.8) is 0 Å². The molecule has 0 bridgehead atoms. The van der Waals surface area contributed by atoms with Crippen LogP contribution in [0.2, 0.25) is 0 Å². The molecule has 0 aliphatic carbocycles. The standard InChI is InChI=1S/C19H21N3OS/c1-14(17-5-11-24-13-17)21-7-9-22(10-8-21)19(23)16-2-3-18-15(12-16)4-6-20-18/h2-6,11-14,20H,7-10H2,1H3. The van der Waals surface area contributed by atoms with Gasteiger partial charge in [0.1, 0.15) is 0 Å². The number of carbonyl (C=O) groups excluding carboxylic acids is 1. The predicted molar refractivity (Wildman–Crippen MR) is 98.5 cm³/mol. The molecule has 1 aliphatic rings. The van der Waals surface area contributed by atoms with Crippen molar-refractivity contribution in [1.82, 2.24) is 14.8 Å². The number of H-pyrrole nitrogens is 1. The number of carbonyl (C=O) groups is 1. The Labute approximate surface area is 145 Å². The summed E-state index contributed by atoms with van der Waals surface area (Å²) in [7, 11) is 0. The average Bonchev–Trinajstić information content (AvgIpc) is 3.31. The van der Waals surface area contributed by atoms with E-state index in [-0.39, 0.29) is 5.91 Å². The molecule has 1 unspecified atom stereocenters. The van der Waals surface area contributed by atoms with Gasteiger partial charge in [0.2, 0.25) is 0 Å². The second-order valence-corrected chi connectivity index (χ2v) is 7.12. The molecule has 4 nitrogen and oxygen atoms in total. The summed E-state index contributed by atoms with van der Waals surface area (Å²) in [6.45, 7) is 5.68. The van der Waals surface area contributed by atoms with Gasteiger partial charge in [-0.3, -0.25) is 9.69 Å². The zero-order valence-electron chi connectivity index (χ0n) is 13.7. The fourth-order valence-corrected chi connectivity index (χ4v) is 4.15. The zero-order valence-corrected chi connectivity index (χ0v) is 14.6. The minimum Gasteiger partial charge on any atom is -0.361 e. The Morgan fingerprint density at radius 2 is 2.00 bits per heavy atom. The van der Waals surface area contributed by atoms with Crippen LogP contribution in [0, 0.1) is 0 Å². The Hall–Kier alpha value is -2.11. The van der Waals surface area contributed by atoms with Crippen molar-refractivity contribution in [2.75, 3.05) is 26.2 Å². The topological polar surface area (TPSA) is 39.3 Å². The lowest BCUT2D eigenvalue weighted by atomic mass is 10.1. The van der Waals surface area contributed by atoms with Gasteiger partial charge < -0.3 is 9.88 Å². The molecule has 1 fully saturated rings. The summed E-state index contributed by atoms with van der Waals surface area (Å²) in [5.74, 6) is 0.140. The van der Waals surface area contributed by atoms with Crippen molar-refractivity contribution in [2.24, 2.45) is 0 Å². The maximum absolute atomic E-state index is 12.8. The summed E-state index contributed by atoms with van der Waals surface area (Å²) in [5, 5.41) is 5.43. The van der Waals surface area contributed by atoms with Crippen molar-refractivity contribution >= 4 is 28.1 Å². The van der Waals surface area contributed by atoms with E-state index in [0.717, 1.165) is 42.6 Å². The molecule has 0 spiro atoms. The van der Waals surface area contributed by atoms with Crippen LogP contribution in [0.5, 0.6) is 0 Å². The summed E-state index contributed by atoms with van der Waals surface area (Å²) in [6.07, 6.45) is 1.91. The number of fused-ring (bicyclic) bond motifs is 1. The smallest absolute Gasteiger partial charge is 0.253 e. The van der Waals surface area contributed by atoms with Crippen LogP contribution >= 0.6 is 11.3 Å². The van der Waals surface area contributed by atoms with E-state index in [4.69, 9.17) is 0 Å². The molecule has 5 heteroatoms. The Morgan fingerprint density at radius 1 is 1.17 bits per heavy atom. The number of aromatic amines is 1. The van der Waals surface area contributed by atoms with Crippen molar-refractivity contribution in [2.45, 2.75) is 13.0 Å². The number of hydrogen-bond donors (Lipinski definition) is 1. The van der Waals surface area contributed by atoms with Gasteiger partial charge in [-0.05, 0) is 53.6 Å². The minimum absolute atomic E-state index is 0.140. The summed E-state index contributed by atoms with van der Waals surface area (Å²) in [5.41, 5.74) is 3.22. The zero-order chi connectivity index (χ0) is 16.5. The number of hydrogen-bond acceptors (Lipinski definition) is 3. The number of aromatic nitrogens is 1. The molecule has 3 heterocycles. The fraction of sp³-hybridized carbons (Fsp3) is 0.316. The van der Waals surface area contributed by atoms with Crippen LogP contribution in [0.15, 0.2) is 47.3 Å². The molecule has 24 heavy (non-hydrogen) atoms. The molecule has 1 amide bonds. The van der Waals surface area contributed by atoms with E-state index in [1.54, 1.807) is 11.3 Å². The van der Waals surface area contributed by atoms with E-state index < -0.39 is 0 Å². The van der Waals surface area contributed by atoms with Crippen molar-refractivity contribution < 1.29 is 4.79 Å². The van der Waals surface area contributed by atoms with Gasteiger partial charge in [-0.15, -0.1) is 0 Å². The van der Waals surface area contributed by atoms with Crippen molar-refractivity contribution in [3.05, 3.63) is 58.4 Å². The number of benzene rings is 1. The highest BCUT2D eigenvalue weighted by Gasteiger charge is 2.25. The number of thiophene rings is 1. The first-order chi connectivity index (χ1) is 11.7. The molecule has 3 aromatic rings. The van der Waals surface area contributed by atoms with Gasteiger partial charge in [-0.2, -0.15) is 11.3 Å². The van der Waals surface area contributed by atoms with Crippen molar-refractivity contribution in [1.29, 1.82) is 0 Å². The molecule has 1 N–H and O–H groups in total. The number of amides is 1. The molecule has 4 rings (SSSR count). The SMILES string of the molecule is CC(c1ccsc1)N1CCN(C(=O)c2ccc3[nH]ccc3c2)CC1. The second kappa shape index (κ2) is 6.42. The van der Waals surface area contributed by atoms with Gasteiger partial charge in [-0.25, -0.2) is 0 Å². The van der Waals surface area contributed by atoms with Crippen LogP contribution in [0.25, 0.3) is 10.9 Å². The first kappa shape index (κ1) is 15.4. The fourth-order valence-electron chi connectivity index (χ4n) is 3.40. The van der Waals surface area contributed by atoms with Gasteiger partial charge in [0, 0.05) is 54.9 Å². The maximum Gasteiger partial charge on any atom is 0.253 e. The molecular formula is C19H21N3OS. The summed E-state index contributed by atoms with van der Waals surface area (Å²) in [4.78, 5) is 20.4. The normalized spacial score (nSPS) is 17.3. The Morgan fingerprint density at radius 3 is 2.75 bits per heavy atom. The van der Waals surface area contributed by atoms with Gasteiger partial charge in [-0.1, -0.05) is 0 Å². The predicted octanol–water partition coefficient (Wildman–Crippen LogP) is 3.75. The average molecular weight is 339 g/mol. The molecule has 1 aromatic carbocycles. The third kappa shape index (κ3) is 2.85. The second-order valence-electron chi connectivity index (χ2n) is 6.34. The highest BCUT2D eigenvalue weighted by molar-refractivity contribution is 7.07. The van der Waals surface area contributed by atoms with Crippen LogP contribution in [0.4, 0.5) is 0 Å². The van der Waals surface area contributed by atoms with E-state index in [9.17, 15) is 4.79 Å². The van der Waals surface area contributed by atoms with Gasteiger partial charge >= 0.3 is 0 Å². The van der Waals surface area contributed by atoms with Gasteiger partial charge in [0.05, 0.1) is 0 Å². The van der Waals surface area contributed by atoms with Crippen LogP contribution in [0.3, 0.4) is 0 Å². The largest absolute Gasteiger partial charge is 0.361 e. The van der Waals surface area contributed by atoms with E-state index in [0.29, 0.717) is 6.04 Å². The molecule has 1 aliphatic heterocycles. The highest BCUT2D eigenvalue weighted by Crippen LogP contribution is 2.24. The highest BCUT2D eigenvalue weighted by atomic mass is 32.1. The van der Waals surface area contributed by atoms with Gasteiger partial charge in [0.25, 0.3) is 5.91 Å². The number of nitrogens with zero attached hydrogens (tertiary/aromatic N) is 2. The summed E-state index contributed by atoms with van der Waals surface area (Å²) >= 11 is 1.74. The Balaban J connectivity index is 1.42. The molecule has 1 atom stereocenters. The molecule has 0 radical (unpaired) electrons. The van der Waals surface area contributed by atoms with E-state index >= 15 is 0 Å². The number of piperazine rings is 1. The molecular weight excluding hydrogens is 318 g/mol. The van der Waals surface area contributed by atoms with Crippen LogP contribution in [-0.2, 0) is 0 Å². The van der Waals surface area contributed by atoms with Crippen LogP contribution < -0.4 is 0 Å². The first-order valence-corrected chi connectivity index (χ1v) is 9.29. The maximum atomic E-state index is 12.8. The van der Waals surface area contributed by atoms with Gasteiger partial charge in [0.15, 0.2) is 0 Å². The van der Waals surface area contributed by atoms with Crippen molar-refractivity contribution in [3.8, 4) is 0 Å². The molecule has 1 saturated heterocycles. The van der Waals surface area contributed by atoms with E-state index in [2.05, 4.69) is 33.6 Å². The van der Waals surface area contributed by atoms with E-state index in [1.165, 1.54) is 5.56 Å². The Bertz CT molecular complexity index is 831. The molecule has 0 saturated carbocycles. The first-order valence-electron chi connectivity index (χ1n) is 8.35. The van der Waals surface area contributed by atoms with E-state index in [1.807, 2.05) is 35.4 Å². The third-order valence-corrected chi connectivity index (χ3v) is 5.68. The quantitative estimate of drug-likeness (QED) is 0.789. The lowest BCUT2D eigenvalue weighted by Crippen LogP contribution is -2.49. The van der Waals surface area contributed by atoms with Crippen LogP contribution in [0.1, 0.15) is 28.9 Å². The Kier molecular flexibility index (Phi) is 4.12. The molecule has 124 valence electrons. The number of rotatable bonds is 3. The lowest BCUT2D eigenvalue weighted by Gasteiger charge is -2.38. The summed E-state index contributed by atoms with van der Waals surface area (Å²) in [6, 6.07) is 10.5. The lowest BCUT2D eigenvalue weighted by molar-refractivity contribution is 0.0582. The monoisotopic (exact) mass is 339 g/mol. The molecule has 2 aromatic heterocycles. The van der Waals surface area contributed by atoms with Crippen LogP contribution in [-0.4, -0.2) is 46.9 Å². The minimum atomic E-state index is 0.140.